The molecule has 94 valence electrons. The quantitative estimate of drug-likeness (QED) is 0.800. The summed E-state index contributed by atoms with van der Waals surface area (Å²) in [5.74, 6) is -4.30. The number of nitrogens with two attached hydrogens (primary N) is 1. The fourth-order valence-electron chi connectivity index (χ4n) is 1.31. The Labute approximate surface area is 96.8 Å². The van der Waals surface area contributed by atoms with Crippen molar-refractivity contribution in [2.24, 2.45) is 5.73 Å². The van der Waals surface area contributed by atoms with E-state index in [1.807, 2.05) is 6.92 Å². The van der Waals surface area contributed by atoms with Crippen LogP contribution in [0, 0.1) is 17.5 Å². The molecule has 1 aromatic rings. The Morgan fingerprint density at radius 3 is 2.65 bits per heavy atom. The van der Waals surface area contributed by atoms with Gasteiger partial charge in [0.2, 0.25) is 5.91 Å². The van der Waals surface area contributed by atoms with Gasteiger partial charge in [0.05, 0.1) is 11.7 Å². The lowest BCUT2D eigenvalue weighted by Gasteiger charge is -2.12. The molecular weight excluding hydrogens is 233 g/mol. The first kappa shape index (κ1) is 13.5. The SMILES string of the molecule is CCC[C@H](N)C(=O)Nc1cc(F)cc(F)c1F. The number of hydrogen-bond acceptors (Lipinski definition) is 2. The maximum absolute atomic E-state index is 13.2. The lowest BCUT2D eigenvalue weighted by Crippen LogP contribution is -2.35. The highest BCUT2D eigenvalue weighted by molar-refractivity contribution is 5.94. The molecule has 0 saturated carbocycles. The van der Waals surface area contributed by atoms with Gasteiger partial charge in [-0.15, -0.1) is 0 Å². The summed E-state index contributed by atoms with van der Waals surface area (Å²) in [5.41, 5.74) is 4.94. The van der Waals surface area contributed by atoms with Crippen LogP contribution in [0.5, 0.6) is 0 Å². The minimum Gasteiger partial charge on any atom is -0.322 e. The fraction of sp³-hybridized carbons (Fsp3) is 0.364. The molecule has 17 heavy (non-hydrogen) atoms. The number of halogens is 3. The molecule has 1 atom stereocenters. The lowest BCUT2D eigenvalue weighted by molar-refractivity contribution is -0.117. The summed E-state index contributed by atoms with van der Waals surface area (Å²) in [7, 11) is 0. The number of carbonyl (C=O) groups excluding carboxylic acids is 1. The van der Waals surface area contributed by atoms with Gasteiger partial charge < -0.3 is 11.1 Å². The Bertz CT molecular complexity index is 423. The minimum absolute atomic E-state index is 0.400. The Hall–Kier alpha value is -1.56. The number of hydrogen-bond donors (Lipinski definition) is 2. The molecule has 0 saturated heterocycles. The molecule has 0 aliphatic carbocycles. The summed E-state index contributed by atoms with van der Waals surface area (Å²) in [6.45, 7) is 1.83. The van der Waals surface area contributed by atoms with Crippen molar-refractivity contribution in [2.45, 2.75) is 25.8 Å². The molecule has 3 N–H and O–H groups in total. The molecule has 0 fully saturated rings. The molecule has 0 spiro atoms. The largest absolute Gasteiger partial charge is 0.322 e. The van der Waals surface area contributed by atoms with Crippen molar-refractivity contribution in [1.29, 1.82) is 0 Å². The van der Waals surface area contributed by atoms with E-state index in [-0.39, 0.29) is 0 Å². The number of anilines is 1. The number of amides is 1. The summed E-state index contributed by atoms with van der Waals surface area (Å²) >= 11 is 0. The Morgan fingerprint density at radius 2 is 2.06 bits per heavy atom. The van der Waals surface area contributed by atoms with Gasteiger partial charge in [-0.05, 0) is 6.42 Å². The zero-order chi connectivity index (χ0) is 13.0. The summed E-state index contributed by atoms with van der Waals surface area (Å²) < 4.78 is 38.9. The Balaban J connectivity index is 2.85. The van der Waals surface area contributed by atoms with E-state index < -0.39 is 35.1 Å². The van der Waals surface area contributed by atoms with Gasteiger partial charge in [0.15, 0.2) is 11.6 Å². The Morgan fingerprint density at radius 1 is 1.41 bits per heavy atom. The predicted octanol–water partition coefficient (Wildman–Crippen LogP) is 2.17. The monoisotopic (exact) mass is 246 g/mol. The second-order valence-electron chi connectivity index (χ2n) is 3.63. The molecule has 0 aromatic heterocycles. The minimum atomic E-state index is -1.36. The van der Waals surface area contributed by atoms with Gasteiger partial charge in [0, 0.05) is 12.1 Å². The molecule has 3 nitrogen and oxygen atoms in total. The van der Waals surface area contributed by atoms with Crippen LogP contribution in [0.15, 0.2) is 12.1 Å². The lowest BCUT2D eigenvalue weighted by atomic mass is 10.1. The normalized spacial score (nSPS) is 12.3. The van der Waals surface area contributed by atoms with Gasteiger partial charge >= 0.3 is 0 Å². The first-order valence-corrected chi connectivity index (χ1v) is 5.16. The van der Waals surface area contributed by atoms with Crippen molar-refractivity contribution in [1.82, 2.24) is 0 Å². The molecule has 0 heterocycles. The van der Waals surface area contributed by atoms with Gasteiger partial charge in [-0.25, -0.2) is 13.2 Å². The maximum Gasteiger partial charge on any atom is 0.241 e. The van der Waals surface area contributed by atoms with Crippen molar-refractivity contribution in [2.75, 3.05) is 5.32 Å². The standard InChI is InChI=1S/C11H13F3N2O/c1-2-3-8(15)11(17)16-9-5-6(12)4-7(13)10(9)14/h4-5,8H,2-3,15H2,1H3,(H,16,17)/t8-/m0/s1. The number of nitrogens with one attached hydrogen (secondary N) is 1. The maximum atomic E-state index is 13.2. The van der Waals surface area contributed by atoms with Gasteiger partial charge in [-0.2, -0.15) is 0 Å². The highest BCUT2D eigenvalue weighted by Gasteiger charge is 2.17. The smallest absolute Gasteiger partial charge is 0.241 e. The van der Waals surface area contributed by atoms with E-state index in [0.717, 1.165) is 0 Å². The molecular formula is C11H13F3N2O. The third-order valence-corrected chi connectivity index (χ3v) is 2.19. The number of carbonyl (C=O) groups is 1. The molecule has 0 aliphatic rings. The highest BCUT2D eigenvalue weighted by Crippen LogP contribution is 2.19. The van der Waals surface area contributed by atoms with Gasteiger partial charge in [0.25, 0.3) is 0 Å². The third kappa shape index (κ3) is 3.45. The van der Waals surface area contributed by atoms with Crippen LogP contribution in [0.2, 0.25) is 0 Å². The molecule has 1 rings (SSSR count). The van der Waals surface area contributed by atoms with Crippen LogP contribution in [-0.2, 0) is 4.79 Å². The Kier molecular flexibility index (Phi) is 4.51. The van der Waals surface area contributed by atoms with Crippen LogP contribution in [0.3, 0.4) is 0 Å². The van der Waals surface area contributed by atoms with Gasteiger partial charge in [0.1, 0.15) is 5.82 Å². The average molecular weight is 246 g/mol. The van der Waals surface area contributed by atoms with E-state index in [4.69, 9.17) is 5.73 Å². The summed E-state index contributed by atoms with van der Waals surface area (Å²) in [6.07, 6.45) is 1.08. The number of rotatable bonds is 4. The van der Waals surface area contributed by atoms with Crippen molar-refractivity contribution in [3.63, 3.8) is 0 Å². The molecule has 6 heteroatoms. The van der Waals surface area contributed by atoms with E-state index in [0.29, 0.717) is 25.0 Å². The zero-order valence-electron chi connectivity index (χ0n) is 9.27. The topological polar surface area (TPSA) is 55.1 Å². The van der Waals surface area contributed by atoms with Crippen molar-refractivity contribution >= 4 is 11.6 Å². The molecule has 0 bridgehead atoms. The summed E-state index contributed by atoms with van der Waals surface area (Å²) in [5, 5.41) is 2.06. The van der Waals surface area contributed by atoms with E-state index in [2.05, 4.69) is 5.32 Å². The highest BCUT2D eigenvalue weighted by atomic mass is 19.2. The summed E-state index contributed by atoms with van der Waals surface area (Å²) in [6, 6.07) is 0.275. The van der Waals surface area contributed by atoms with Crippen LogP contribution < -0.4 is 11.1 Å². The molecule has 0 radical (unpaired) electrons. The van der Waals surface area contributed by atoms with Crippen LogP contribution in [-0.4, -0.2) is 11.9 Å². The van der Waals surface area contributed by atoms with Crippen molar-refractivity contribution in [3.05, 3.63) is 29.6 Å². The van der Waals surface area contributed by atoms with Gasteiger partial charge in [-0.3, -0.25) is 4.79 Å². The van der Waals surface area contributed by atoms with Crippen molar-refractivity contribution < 1.29 is 18.0 Å². The average Bonchev–Trinajstić information content (AvgIpc) is 2.25. The molecule has 0 aliphatic heterocycles. The second kappa shape index (κ2) is 5.67. The van der Waals surface area contributed by atoms with E-state index in [9.17, 15) is 18.0 Å². The van der Waals surface area contributed by atoms with Crippen LogP contribution in [0.1, 0.15) is 19.8 Å². The fourth-order valence-corrected chi connectivity index (χ4v) is 1.31. The summed E-state index contributed by atoms with van der Waals surface area (Å²) in [4.78, 5) is 11.4. The predicted molar refractivity (Wildman–Crippen MR) is 57.8 cm³/mol. The van der Waals surface area contributed by atoms with E-state index in [1.54, 1.807) is 0 Å². The van der Waals surface area contributed by atoms with Crippen LogP contribution in [0.25, 0.3) is 0 Å². The van der Waals surface area contributed by atoms with Crippen LogP contribution in [0.4, 0.5) is 18.9 Å². The first-order valence-electron chi connectivity index (χ1n) is 5.16. The van der Waals surface area contributed by atoms with Crippen molar-refractivity contribution in [3.8, 4) is 0 Å². The molecule has 1 aromatic carbocycles. The third-order valence-electron chi connectivity index (χ3n) is 2.19. The van der Waals surface area contributed by atoms with Gasteiger partial charge in [-0.1, -0.05) is 13.3 Å². The molecule has 1 amide bonds. The van der Waals surface area contributed by atoms with Crippen LogP contribution >= 0.6 is 0 Å². The van der Waals surface area contributed by atoms with E-state index in [1.165, 1.54) is 0 Å². The first-order chi connectivity index (χ1) is 7.95. The zero-order valence-corrected chi connectivity index (χ0v) is 9.27. The van der Waals surface area contributed by atoms with E-state index >= 15 is 0 Å². The molecule has 0 unspecified atom stereocenters. The number of benzene rings is 1. The second-order valence-corrected chi connectivity index (χ2v) is 3.63.